The molecule has 4 N–H and O–H groups in total. The predicted molar refractivity (Wildman–Crippen MR) is 152 cm³/mol. The predicted octanol–water partition coefficient (Wildman–Crippen LogP) is 4.98. The lowest BCUT2D eigenvalue weighted by molar-refractivity contribution is -0.116. The summed E-state index contributed by atoms with van der Waals surface area (Å²) in [7, 11) is -7.13. The van der Waals surface area contributed by atoms with Gasteiger partial charge in [-0.1, -0.05) is 23.7 Å². The van der Waals surface area contributed by atoms with Crippen LogP contribution in [0.2, 0.25) is 5.02 Å². The highest BCUT2D eigenvalue weighted by atomic mass is 35.5. The maximum Gasteiger partial charge on any atom is 0.224 e. The van der Waals surface area contributed by atoms with E-state index in [1.807, 2.05) is 0 Å². The number of amidine groups is 1. The summed E-state index contributed by atoms with van der Waals surface area (Å²) >= 11 is 8.66. The molecule has 0 atom stereocenters. The van der Waals surface area contributed by atoms with Gasteiger partial charge in [0.1, 0.15) is 15.7 Å². The maximum atomic E-state index is 13.6. The Bertz CT molecular complexity index is 1580. The number of benzene rings is 2. The monoisotopic (exact) mass is 599 g/mol. The summed E-state index contributed by atoms with van der Waals surface area (Å²) in [6.45, 7) is 1.80. The first kappa shape index (κ1) is 29.2. The van der Waals surface area contributed by atoms with E-state index in [9.17, 15) is 21.6 Å². The van der Waals surface area contributed by atoms with Crippen molar-refractivity contribution in [1.82, 2.24) is 0 Å². The third-order valence-corrected chi connectivity index (χ3v) is 10.9. The van der Waals surface area contributed by atoms with Crippen LogP contribution in [0, 0.1) is 12.3 Å². The minimum absolute atomic E-state index is 0.000585. The van der Waals surface area contributed by atoms with E-state index in [1.54, 1.807) is 37.4 Å². The molecule has 0 unspecified atom stereocenters. The number of aryl methyl sites for hydroxylation is 1. The Morgan fingerprint density at radius 1 is 1.16 bits per heavy atom. The number of carbonyl (C=O) groups is 1. The van der Waals surface area contributed by atoms with Gasteiger partial charge in [-0.05, 0) is 61.1 Å². The molecule has 2 aromatic carbocycles. The van der Waals surface area contributed by atoms with Crippen molar-refractivity contribution in [2.24, 2.45) is 5.73 Å². The molecule has 3 aromatic rings. The zero-order valence-electron chi connectivity index (χ0n) is 20.3. The van der Waals surface area contributed by atoms with Gasteiger partial charge in [-0.25, -0.2) is 16.8 Å². The first-order valence-electron chi connectivity index (χ1n) is 10.9. The first-order valence-corrected chi connectivity index (χ1v) is 16.8. The Balaban J connectivity index is 2.02. The molecule has 0 fully saturated rings. The third kappa shape index (κ3) is 7.14. The van der Waals surface area contributed by atoms with Crippen molar-refractivity contribution < 1.29 is 21.6 Å². The summed E-state index contributed by atoms with van der Waals surface area (Å²) in [4.78, 5) is 13.1. The van der Waals surface area contributed by atoms with Crippen LogP contribution in [-0.4, -0.2) is 46.8 Å². The van der Waals surface area contributed by atoms with Crippen LogP contribution in [0.1, 0.15) is 23.3 Å². The topological polar surface area (TPSA) is 147 Å². The van der Waals surface area contributed by atoms with E-state index in [-0.39, 0.29) is 40.1 Å². The number of thioether (sulfide) groups is 1. The van der Waals surface area contributed by atoms with E-state index in [0.29, 0.717) is 36.5 Å². The average molecular weight is 600 g/mol. The van der Waals surface area contributed by atoms with E-state index >= 15 is 0 Å². The van der Waals surface area contributed by atoms with Crippen LogP contribution in [0.4, 0.5) is 5.69 Å². The number of amides is 1. The molecular formula is C24H26ClN3O5S4. The Morgan fingerprint density at radius 2 is 1.86 bits per heavy atom. The van der Waals surface area contributed by atoms with Crippen LogP contribution < -0.4 is 11.1 Å². The summed E-state index contributed by atoms with van der Waals surface area (Å²) in [5.41, 5.74) is 7.84. The van der Waals surface area contributed by atoms with Gasteiger partial charge >= 0.3 is 0 Å². The molecular weight excluding hydrogens is 574 g/mol. The van der Waals surface area contributed by atoms with Gasteiger partial charge in [0.25, 0.3) is 0 Å². The second-order valence-corrected chi connectivity index (χ2v) is 15.1. The van der Waals surface area contributed by atoms with Crippen LogP contribution >= 0.6 is 34.7 Å². The average Bonchev–Trinajstić information content (AvgIpc) is 3.24. The molecule has 0 bridgehead atoms. The molecule has 0 radical (unpaired) electrons. The largest absolute Gasteiger partial charge is 0.383 e. The van der Waals surface area contributed by atoms with Crippen LogP contribution in [0.3, 0.4) is 0 Å². The summed E-state index contributed by atoms with van der Waals surface area (Å²) < 4.78 is 50.4. The summed E-state index contributed by atoms with van der Waals surface area (Å²) in [6.07, 6.45) is 3.05. The number of nitrogens with two attached hydrogens (primary N) is 1. The molecule has 0 saturated heterocycles. The Labute approximate surface area is 230 Å². The van der Waals surface area contributed by atoms with Crippen molar-refractivity contribution in [3.05, 3.63) is 57.9 Å². The summed E-state index contributed by atoms with van der Waals surface area (Å²) in [5.74, 6) is -0.688. The van der Waals surface area contributed by atoms with E-state index in [0.717, 1.165) is 17.6 Å². The fraction of sp³-hybridized carbons (Fsp3) is 0.250. The molecule has 0 saturated carbocycles. The Kier molecular flexibility index (Phi) is 9.12. The van der Waals surface area contributed by atoms with Gasteiger partial charge in [0, 0.05) is 23.3 Å². The van der Waals surface area contributed by atoms with Crippen molar-refractivity contribution in [3.63, 3.8) is 0 Å². The minimum Gasteiger partial charge on any atom is -0.383 e. The molecule has 37 heavy (non-hydrogen) atoms. The van der Waals surface area contributed by atoms with Gasteiger partial charge in [-0.15, -0.1) is 23.1 Å². The fourth-order valence-electron chi connectivity index (χ4n) is 3.70. The molecule has 198 valence electrons. The molecule has 3 rings (SSSR count). The number of hydrogen-bond acceptors (Lipinski definition) is 8. The van der Waals surface area contributed by atoms with E-state index in [4.69, 9.17) is 22.7 Å². The SMILES string of the molecule is CSc1sc(C(=N)N)cc1S(=O)(=O)c1cccc(-c2c(C)cc(Cl)cc2NC(=O)CCCS(C)(=O)=O)c1. The summed E-state index contributed by atoms with van der Waals surface area (Å²) in [5, 5.41) is 10.9. The molecule has 0 aliphatic carbocycles. The van der Waals surface area contributed by atoms with Crippen LogP contribution in [0.25, 0.3) is 11.1 Å². The number of thiophene rings is 1. The van der Waals surface area contributed by atoms with Crippen molar-refractivity contribution in [2.45, 2.75) is 33.8 Å². The summed E-state index contributed by atoms with van der Waals surface area (Å²) in [6, 6.07) is 11.1. The molecule has 1 aromatic heterocycles. The van der Waals surface area contributed by atoms with Gasteiger partial charge in [0.15, 0.2) is 0 Å². The van der Waals surface area contributed by atoms with Crippen LogP contribution in [-0.2, 0) is 24.5 Å². The van der Waals surface area contributed by atoms with Crippen molar-refractivity contribution in [1.29, 1.82) is 5.41 Å². The number of carbonyl (C=O) groups excluding carboxylic acids is 1. The van der Waals surface area contributed by atoms with Gasteiger partial charge in [0.2, 0.25) is 15.7 Å². The van der Waals surface area contributed by atoms with E-state index in [2.05, 4.69) is 5.32 Å². The van der Waals surface area contributed by atoms with Crippen molar-refractivity contribution in [3.8, 4) is 11.1 Å². The maximum absolute atomic E-state index is 13.6. The van der Waals surface area contributed by atoms with Gasteiger partial charge in [-0.3, -0.25) is 10.2 Å². The first-order chi connectivity index (χ1) is 17.2. The number of nitrogen functional groups attached to an aromatic ring is 1. The standard InChI is InChI=1S/C24H26ClN3O5S4/c1-14-10-16(25)12-18(28-21(29)8-5-9-36(3,30)31)22(14)15-6-4-7-17(11-15)37(32,33)20-13-19(23(26)27)35-24(20)34-2/h4,6-7,10-13H,5,8-9H2,1-3H3,(H3,26,27)(H,28,29). The lowest BCUT2D eigenvalue weighted by atomic mass is 9.98. The normalized spacial score (nSPS) is 11.9. The highest BCUT2D eigenvalue weighted by Gasteiger charge is 2.26. The fourth-order valence-corrected chi connectivity index (χ4v) is 8.54. The van der Waals surface area contributed by atoms with Crippen LogP contribution in [0.5, 0.6) is 0 Å². The quantitative estimate of drug-likeness (QED) is 0.169. The van der Waals surface area contributed by atoms with Gasteiger partial charge in [0.05, 0.1) is 30.3 Å². The molecule has 13 heteroatoms. The molecule has 1 amide bonds. The van der Waals surface area contributed by atoms with E-state index in [1.165, 1.54) is 30.0 Å². The third-order valence-electron chi connectivity index (χ3n) is 5.33. The molecule has 0 aliphatic heterocycles. The van der Waals surface area contributed by atoms with Gasteiger partial charge in [-0.2, -0.15) is 0 Å². The molecule has 0 spiro atoms. The molecule has 8 nitrogen and oxygen atoms in total. The zero-order valence-corrected chi connectivity index (χ0v) is 24.3. The molecule has 1 heterocycles. The van der Waals surface area contributed by atoms with Crippen molar-refractivity contribution >= 4 is 71.8 Å². The number of sulfone groups is 2. The second kappa shape index (κ2) is 11.6. The number of rotatable bonds is 10. The zero-order chi connectivity index (χ0) is 27.5. The smallest absolute Gasteiger partial charge is 0.224 e. The number of halogens is 1. The highest BCUT2D eigenvalue weighted by Crippen LogP contribution is 2.39. The van der Waals surface area contributed by atoms with E-state index < -0.39 is 19.7 Å². The number of anilines is 1. The number of nitrogens with one attached hydrogen (secondary N) is 2. The van der Waals surface area contributed by atoms with Gasteiger partial charge < -0.3 is 11.1 Å². The van der Waals surface area contributed by atoms with Crippen LogP contribution in [0.15, 0.2) is 56.5 Å². The minimum atomic E-state index is -3.94. The lowest BCUT2D eigenvalue weighted by Crippen LogP contribution is -2.14. The number of hydrogen-bond donors (Lipinski definition) is 3. The Morgan fingerprint density at radius 3 is 2.49 bits per heavy atom. The Hall–Kier alpha value is -2.38. The second-order valence-electron chi connectivity index (χ2n) is 8.34. The highest BCUT2D eigenvalue weighted by molar-refractivity contribution is 8.01. The lowest BCUT2D eigenvalue weighted by Gasteiger charge is -2.16. The molecule has 0 aliphatic rings. The van der Waals surface area contributed by atoms with Crippen molar-refractivity contribution in [2.75, 3.05) is 23.6 Å².